The zero-order chi connectivity index (χ0) is 13.3. The van der Waals surface area contributed by atoms with E-state index in [1.165, 1.54) is 6.92 Å². The fourth-order valence-corrected chi connectivity index (χ4v) is 1.77. The first kappa shape index (κ1) is 12.2. The number of nitrogens with zero attached hydrogens (tertiary/aromatic N) is 1. The van der Waals surface area contributed by atoms with Gasteiger partial charge in [-0.3, -0.25) is 9.78 Å². The van der Waals surface area contributed by atoms with Crippen molar-refractivity contribution in [1.29, 1.82) is 0 Å². The van der Waals surface area contributed by atoms with Crippen LogP contribution in [0.4, 0.5) is 11.4 Å². The lowest BCUT2D eigenvalue weighted by atomic mass is 10.1. The van der Waals surface area contributed by atoms with Crippen LogP contribution in [0.5, 0.6) is 5.75 Å². The van der Waals surface area contributed by atoms with Crippen molar-refractivity contribution in [3.63, 3.8) is 0 Å². The van der Waals surface area contributed by atoms with Crippen LogP contribution in [0, 0.1) is 6.92 Å². The molecule has 0 aliphatic rings. The first-order chi connectivity index (χ1) is 8.51. The highest BCUT2D eigenvalue weighted by Gasteiger charge is 2.09. The number of aryl methyl sites for hydroxylation is 1. The molecule has 94 valence electrons. The third kappa shape index (κ3) is 2.20. The molecule has 1 heterocycles. The summed E-state index contributed by atoms with van der Waals surface area (Å²) in [6.45, 7) is 3.29. The molecule has 0 atom stereocenters. The van der Waals surface area contributed by atoms with Crippen LogP contribution in [0.2, 0.25) is 0 Å². The maximum atomic E-state index is 11.1. The lowest BCUT2D eigenvalue weighted by Gasteiger charge is -2.11. The van der Waals surface area contributed by atoms with E-state index in [1.54, 1.807) is 13.2 Å². The normalized spacial score (nSPS) is 10.4. The molecule has 5 heteroatoms. The van der Waals surface area contributed by atoms with E-state index in [0.717, 1.165) is 16.6 Å². The zero-order valence-electron chi connectivity index (χ0n) is 10.6. The summed E-state index contributed by atoms with van der Waals surface area (Å²) in [5.74, 6) is 0.433. The van der Waals surface area contributed by atoms with Crippen LogP contribution in [-0.2, 0) is 4.79 Å². The first-order valence-electron chi connectivity index (χ1n) is 5.53. The predicted octanol–water partition coefficient (Wildman–Crippen LogP) is 2.09. The molecule has 2 rings (SSSR count). The van der Waals surface area contributed by atoms with E-state index < -0.39 is 0 Å². The molecule has 0 saturated carbocycles. The Morgan fingerprint density at radius 3 is 2.72 bits per heavy atom. The molecule has 1 aromatic carbocycles. The number of anilines is 2. The Hall–Kier alpha value is -2.30. The summed E-state index contributed by atoms with van der Waals surface area (Å²) in [6, 6.07) is 5.43. The third-order valence-electron chi connectivity index (χ3n) is 2.68. The monoisotopic (exact) mass is 245 g/mol. The average molecular weight is 245 g/mol. The quantitative estimate of drug-likeness (QED) is 0.849. The minimum atomic E-state index is -0.153. The number of methoxy groups -OCH3 is 1. The van der Waals surface area contributed by atoms with Crippen molar-refractivity contribution in [3.05, 3.63) is 23.9 Å². The van der Waals surface area contributed by atoms with Crippen molar-refractivity contribution in [2.24, 2.45) is 0 Å². The predicted molar refractivity (Wildman–Crippen MR) is 71.7 cm³/mol. The molecule has 2 aromatic rings. The number of ether oxygens (including phenoxy) is 1. The van der Waals surface area contributed by atoms with Crippen LogP contribution in [-0.4, -0.2) is 18.0 Å². The van der Waals surface area contributed by atoms with E-state index in [1.807, 2.05) is 19.1 Å². The van der Waals surface area contributed by atoms with Crippen LogP contribution < -0.4 is 15.8 Å². The van der Waals surface area contributed by atoms with Crippen LogP contribution in [0.1, 0.15) is 12.6 Å². The van der Waals surface area contributed by atoms with Gasteiger partial charge in [0.2, 0.25) is 5.91 Å². The van der Waals surface area contributed by atoms with Crippen molar-refractivity contribution in [3.8, 4) is 5.75 Å². The maximum Gasteiger partial charge on any atom is 0.221 e. The molecule has 0 aliphatic carbocycles. The lowest BCUT2D eigenvalue weighted by molar-refractivity contribution is -0.114. The minimum Gasteiger partial charge on any atom is -0.495 e. The number of hydrogen-bond donors (Lipinski definition) is 2. The number of carbonyl (C=O) groups is 1. The topological polar surface area (TPSA) is 77.2 Å². The molecule has 0 fully saturated rings. The van der Waals surface area contributed by atoms with Crippen LogP contribution >= 0.6 is 0 Å². The summed E-state index contributed by atoms with van der Waals surface area (Å²) in [5, 5.41) is 3.59. The Bertz CT molecular complexity index is 623. The molecule has 0 spiro atoms. The van der Waals surface area contributed by atoms with Gasteiger partial charge < -0.3 is 15.8 Å². The van der Waals surface area contributed by atoms with Gasteiger partial charge >= 0.3 is 0 Å². The Morgan fingerprint density at radius 1 is 1.39 bits per heavy atom. The molecular formula is C13H15N3O2. The second-order valence-corrected chi connectivity index (χ2v) is 4.09. The first-order valence-corrected chi connectivity index (χ1v) is 5.53. The molecule has 1 aromatic heterocycles. The highest BCUT2D eigenvalue weighted by molar-refractivity contribution is 5.95. The van der Waals surface area contributed by atoms with E-state index in [2.05, 4.69) is 10.3 Å². The molecule has 0 radical (unpaired) electrons. The fourth-order valence-electron chi connectivity index (χ4n) is 1.77. The Balaban J connectivity index is 2.65. The van der Waals surface area contributed by atoms with Crippen LogP contribution in [0.25, 0.3) is 10.9 Å². The smallest absolute Gasteiger partial charge is 0.221 e. The van der Waals surface area contributed by atoms with Gasteiger partial charge in [-0.2, -0.15) is 0 Å². The number of hydrogen-bond acceptors (Lipinski definition) is 4. The van der Waals surface area contributed by atoms with E-state index in [0.29, 0.717) is 17.1 Å². The van der Waals surface area contributed by atoms with E-state index >= 15 is 0 Å². The Kier molecular flexibility index (Phi) is 3.06. The van der Waals surface area contributed by atoms with E-state index in [-0.39, 0.29) is 5.91 Å². The molecule has 0 unspecified atom stereocenters. The van der Waals surface area contributed by atoms with Crippen molar-refractivity contribution in [2.45, 2.75) is 13.8 Å². The summed E-state index contributed by atoms with van der Waals surface area (Å²) >= 11 is 0. The number of nitrogens with one attached hydrogen (secondary N) is 1. The van der Waals surface area contributed by atoms with Gasteiger partial charge in [0, 0.05) is 12.3 Å². The number of aromatic nitrogens is 1. The van der Waals surface area contributed by atoms with Gasteiger partial charge in [0.15, 0.2) is 0 Å². The molecule has 3 N–H and O–H groups in total. The van der Waals surface area contributed by atoms with Gasteiger partial charge in [-0.1, -0.05) is 0 Å². The van der Waals surface area contributed by atoms with Crippen LogP contribution in [0.3, 0.4) is 0 Å². The Morgan fingerprint density at radius 2 is 2.11 bits per heavy atom. The van der Waals surface area contributed by atoms with Gasteiger partial charge in [0.05, 0.1) is 29.7 Å². The number of amides is 1. The zero-order valence-corrected chi connectivity index (χ0v) is 10.6. The molecule has 0 bridgehead atoms. The minimum absolute atomic E-state index is 0.153. The van der Waals surface area contributed by atoms with Crippen molar-refractivity contribution in [2.75, 3.05) is 18.2 Å². The number of pyridine rings is 1. The van der Waals surface area contributed by atoms with Gasteiger partial charge in [0.1, 0.15) is 5.75 Å². The molecular weight excluding hydrogens is 230 g/mol. The Labute approximate surface area is 105 Å². The molecule has 18 heavy (non-hydrogen) atoms. The number of nitrogens with two attached hydrogens (primary N) is 1. The average Bonchev–Trinajstić information content (AvgIpc) is 2.30. The number of fused-ring (bicyclic) bond motifs is 1. The standard InChI is InChI=1S/C13H15N3O2/c1-7-10(14)4-9-5-13(18-3)12(16-8(2)17)6-11(9)15-7/h4-6H,14H2,1-3H3,(H,16,17). The number of nitrogen functional groups attached to an aromatic ring is 1. The summed E-state index contributed by atoms with van der Waals surface area (Å²) in [4.78, 5) is 15.5. The van der Waals surface area contributed by atoms with E-state index in [4.69, 9.17) is 10.5 Å². The largest absolute Gasteiger partial charge is 0.495 e. The third-order valence-corrected chi connectivity index (χ3v) is 2.68. The maximum absolute atomic E-state index is 11.1. The second kappa shape index (κ2) is 4.52. The number of rotatable bonds is 2. The van der Waals surface area contributed by atoms with Gasteiger partial charge in [-0.05, 0) is 25.1 Å². The molecule has 0 aliphatic heterocycles. The van der Waals surface area contributed by atoms with Crippen molar-refractivity contribution in [1.82, 2.24) is 4.98 Å². The van der Waals surface area contributed by atoms with Gasteiger partial charge in [-0.25, -0.2) is 0 Å². The van der Waals surface area contributed by atoms with Gasteiger partial charge in [-0.15, -0.1) is 0 Å². The van der Waals surface area contributed by atoms with Gasteiger partial charge in [0.25, 0.3) is 0 Å². The van der Waals surface area contributed by atoms with Crippen molar-refractivity contribution < 1.29 is 9.53 Å². The van der Waals surface area contributed by atoms with Crippen LogP contribution in [0.15, 0.2) is 18.2 Å². The number of carbonyl (C=O) groups excluding carboxylic acids is 1. The summed E-state index contributed by atoms with van der Waals surface area (Å²) < 4.78 is 5.24. The highest BCUT2D eigenvalue weighted by Crippen LogP contribution is 2.30. The second-order valence-electron chi connectivity index (χ2n) is 4.09. The lowest BCUT2D eigenvalue weighted by Crippen LogP contribution is -2.07. The summed E-state index contributed by atoms with van der Waals surface area (Å²) in [5.41, 5.74) is 8.60. The molecule has 0 saturated heterocycles. The molecule has 5 nitrogen and oxygen atoms in total. The molecule has 1 amide bonds. The fraction of sp³-hybridized carbons (Fsp3) is 0.231. The van der Waals surface area contributed by atoms with E-state index in [9.17, 15) is 4.79 Å². The summed E-state index contributed by atoms with van der Waals surface area (Å²) in [7, 11) is 1.55. The highest BCUT2D eigenvalue weighted by atomic mass is 16.5. The number of benzene rings is 1. The SMILES string of the molecule is COc1cc2cc(N)c(C)nc2cc1NC(C)=O. The van der Waals surface area contributed by atoms with Crippen molar-refractivity contribution >= 4 is 28.2 Å². The summed E-state index contributed by atoms with van der Waals surface area (Å²) in [6.07, 6.45) is 0.